The van der Waals surface area contributed by atoms with Crippen molar-refractivity contribution in [2.45, 2.75) is 13.8 Å². The molecule has 1 rings (SSSR count). The Balaban J connectivity index is 0.000000921. The van der Waals surface area contributed by atoms with Gasteiger partial charge in [-0.1, -0.05) is 13.8 Å². The lowest BCUT2D eigenvalue weighted by Crippen LogP contribution is -2.33. The lowest BCUT2D eigenvalue weighted by Gasteiger charge is -2.08. The predicted molar refractivity (Wildman–Crippen MR) is 61.4 cm³/mol. The number of pyridine rings is 1. The highest BCUT2D eigenvalue weighted by Gasteiger charge is 2.08. The van der Waals surface area contributed by atoms with E-state index in [-0.39, 0.29) is 5.91 Å². The molecule has 0 radical (unpaired) electrons. The van der Waals surface area contributed by atoms with Crippen LogP contribution < -0.4 is 11.2 Å². The summed E-state index contributed by atoms with van der Waals surface area (Å²) in [6.45, 7) is 4.00. The lowest BCUT2D eigenvalue weighted by molar-refractivity contribution is 0.0789. The minimum Gasteiger partial charge on any atom is -0.387 e. The molecule has 0 aromatic carbocycles. The third-order valence-electron chi connectivity index (χ3n) is 1.59. The first-order chi connectivity index (χ1) is 7.15. The van der Waals surface area contributed by atoms with Gasteiger partial charge in [0.1, 0.15) is 5.69 Å². The average molecular weight is 210 g/mol. The van der Waals surface area contributed by atoms with Crippen LogP contribution in [0.3, 0.4) is 0 Å². The molecular weight excluding hydrogens is 192 g/mol. The predicted octanol–water partition coefficient (Wildman–Crippen LogP) is 1.10. The molecule has 0 fully saturated rings. The minimum absolute atomic E-state index is 0.303. The Morgan fingerprint density at radius 2 is 2.07 bits per heavy atom. The Hall–Kier alpha value is -1.62. The van der Waals surface area contributed by atoms with Crippen LogP contribution >= 0.6 is 0 Å². The smallest absolute Gasteiger partial charge is 0.286 e. The van der Waals surface area contributed by atoms with Gasteiger partial charge in [-0.3, -0.25) is 9.80 Å². The number of amides is 1. The van der Waals surface area contributed by atoms with Crippen molar-refractivity contribution < 1.29 is 4.79 Å². The van der Waals surface area contributed by atoms with Gasteiger partial charge in [-0.2, -0.15) is 0 Å². The highest BCUT2D eigenvalue weighted by atomic mass is 16.2. The molecule has 0 saturated carbocycles. The Bertz CT molecular complexity index is 295. The third-order valence-corrected chi connectivity index (χ3v) is 1.59. The van der Waals surface area contributed by atoms with Crippen LogP contribution in [0.5, 0.6) is 0 Å². The number of carbonyl (C=O) groups excluding carboxylic acids is 1. The van der Waals surface area contributed by atoms with Gasteiger partial charge in [0, 0.05) is 14.1 Å². The highest BCUT2D eigenvalue weighted by molar-refractivity contribution is 5.91. The standard InChI is InChI=1S/C8H12N4O.C2H6/c1-10-6-3-4-7(11-5-6)8(13)12(2)9;1-2/h3-5,10H,9H2,1-2H3;1-2H3. The lowest BCUT2D eigenvalue weighted by atomic mass is 10.3. The Labute approximate surface area is 90.3 Å². The zero-order valence-corrected chi connectivity index (χ0v) is 9.61. The van der Waals surface area contributed by atoms with Crippen LogP contribution in [-0.4, -0.2) is 30.0 Å². The summed E-state index contributed by atoms with van der Waals surface area (Å²) in [5.74, 6) is 4.96. The van der Waals surface area contributed by atoms with E-state index >= 15 is 0 Å². The molecule has 0 spiro atoms. The number of nitrogens with zero attached hydrogens (tertiary/aromatic N) is 2. The summed E-state index contributed by atoms with van der Waals surface area (Å²) >= 11 is 0. The number of nitrogens with two attached hydrogens (primary N) is 1. The minimum atomic E-state index is -0.303. The van der Waals surface area contributed by atoms with Gasteiger partial charge < -0.3 is 5.32 Å². The van der Waals surface area contributed by atoms with Gasteiger partial charge in [-0.05, 0) is 12.1 Å². The molecule has 84 valence electrons. The van der Waals surface area contributed by atoms with Crippen molar-refractivity contribution in [1.29, 1.82) is 0 Å². The Kier molecular flexibility index (Phi) is 6.05. The zero-order valence-electron chi connectivity index (χ0n) is 9.61. The molecule has 0 aliphatic heterocycles. The Morgan fingerprint density at radius 1 is 1.47 bits per heavy atom. The van der Waals surface area contributed by atoms with E-state index in [4.69, 9.17) is 5.84 Å². The van der Waals surface area contributed by atoms with Gasteiger partial charge in [0.2, 0.25) is 0 Å². The van der Waals surface area contributed by atoms with E-state index in [1.807, 2.05) is 13.8 Å². The fourth-order valence-electron chi connectivity index (χ4n) is 0.849. The van der Waals surface area contributed by atoms with Crippen molar-refractivity contribution in [2.24, 2.45) is 5.84 Å². The zero-order chi connectivity index (χ0) is 11.8. The van der Waals surface area contributed by atoms with Gasteiger partial charge in [0.25, 0.3) is 5.91 Å². The number of hydrogen-bond acceptors (Lipinski definition) is 4. The maximum Gasteiger partial charge on any atom is 0.286 e. The molecule has 15 heavy (non-hydrogen) atoms. The molecule has 0 unspecified atom stereocenters. The monoisotopic (exact) mass is 210 g/mol. The van der Waals surface area contributed by atoms with Gasteiger partial charge in [-0.25, -0.2) is 10.8 Å². The van der Waals surface area contributed by atoms with Crippen LogP contribution in [-0.2, 0) is 0 Å². The van der Waals surface area contributed by atoms with E-state index in [9.17, 15) is 4.79 Å². The average Bonchev–Trinajstić information content (AvgIpc) is 2.31. The number of rotatable bonds is 2. The van der Waals surface area contributed by atoms with Crippen LogP contribution in [0.15, 0.2) is 18.3 Å². The molecule has 1 amide bonds. The summed E-state index contributed by atoms with van der Waals surface area (Å²) in [7, 11) is 3.27. The fraction of sp³-hybridized carbons (Fsp3) is 0.400. The van der Waals surface area contributed by atoms with Gasteiger partial charge in [0.15, 0.2) is 0 Å². The molecule has 1 aromatic heterocycles. The van der Waals surface area contributed by atoms with Crippen molar-refractivity contribution >= 4 is 11.6 Å². The first-order valence-electron chi connectivity index (χ1n) is 4.81. The molecule has 0 aliphatic carbocycles. The van der Waals surface area contributed by atoms with E-state index in [1.54, 1.807) is 25.4 Å². The topological polar surface area (TPSA) is 71.2 Å². The van der Waals surface area contributed by atoms with Gasteiger partial charge >= 0.3 is 0 Å². The summed E-state index contributed by atoms with van der Waals surface area (Å²) in [4.78, 5) is 15.2. The third kappa shape index (κ3) is 3.95. The van der Waals surface area contributed by atoms with Gasteiger partial charge in [0.05, 0.1) is 11.9 Å². The van der Waals surface area contributed by atoms with Crippen LogP contribution in [0.25, 0.3) is 0 Å². The number of aromatic nitrogens is 1. The number of anilines is 1. The maximum absolute atomic E-state index is 11.3. The summed E-state index contributed by atoms with van der Waals surface area (Å²) < 4.78 is 0. The molecular formula is C10H18N4O. The molecule has 0 saturated heterocycles. The number of hydrazine groups is 1. The molecule has 0 bridgehead atoms. The van der Waals surface area contributed by atoms with E-state index in [0.29, 0.717) is 5.69 Å². The second kappa shape index (κ2) is 6.78. The molecule has 5 heteroatoms. The van der Waals surface area contributed by atoms with Crippen molar-refractivity contribution in [2.75, 3.05) is 19.4 Å². The molecule has 1 aromatic rings. The van der Waals surface area contributed by atoms with Crippen molar-refractivity contribution in [1.82, 2.24) is 9.99 Å². The van der Waals surface area contributed by atoms with Crippen LogP contribution in [0.4, 0.5) is 5.69 Å². The van der Waals surface area contributed by atoms with Crippen molar-refractivity contribution in [3.8, 4) is 0 Å². The largest absolute Gasteiger partial charge is 0.387 e. The number of hydrogen-bond donors (Lipinski definition) is 2. The summed E-state index contributed by atoms with van der Waals surface area (Å²) in [5.41, 5.74) is 1.19. The molecule has 0 aliphatic rings. The first kappa shape index (κ1) is 13.4. The normalized spacial score (nSPS) is 8.60. The molecule has 3 N–H and O–H groups in total. The fourth-order valence-corrected chi connectivity index (χ4v) is 0.849. The molecule has 5 nitrogen and oxygen atoms in total. The Morgan fingerprint density at radius 3 is 2.40 bits per heavy atom. The number of carbonyl (C=O) groups is 1. The van der Waals surface area contributed by atoms with E-state index in [1.165, 1.54) is 7.05 Å². The summed E-state index contributed by atoms with van der Waals surface area (Å²) in [6.07, 6.45) is 1.58. The van der Waals surface area contributed by atoms with E-state index < -0.39 is 0 Å². The van der Waals surface area contributed by atoms with Crippen LogP contribution in [0.2, 0.25) is 0 Å². The SMILES string of the molecule is CC.CNc1ccc(C(=O)N(C)N)nc1. The molecule has 0 atom stereocenters. The van der Waals surface area contributed by atoms with E-state index in [2.05, 4.69) is 10.3 Å². The first-order valence-corrected chi connectivity index (χ1v) is 4.81. The van der Waals surface area contributed by atoms with Crippen LogP contribution in [0.1, 0.15) is 24.3 Å². The van der Waals surface area contributed by atoms with Gasteiger partial charge in [-0.15, -0.1) is 0 Å². The van der Waals surface area contributed by atoms with E-state index in [0.717, 1.165) is 10.7 Å². The number of nitrogens with one attached hydrogen (secondary N) is 1. The van der Waals surface area contributed by atoms with Crippen molar-refractivity contribution in [3.05, 3.63) is 24.0 Å². The molecule has 1 heterocycles. The highest BCUT2D eigenvalue weighted by Crippen LogP contribution is 2.05. The maximum atomic E-state index is 11.3. The second-order valence-electron chi connectivity index (χ2n) is 2.60. The van der Waals surface area contributed by atoms with Crippen molar-refractivity contribution in [3.63, 3.8) is 0 Å². The summed E-state index contributed by atoms with van der Waals surface area (Å²) in [5, 5.41) is 3.91. The second-order valence-corrected chi connectivity index (χ2v) is 2.60. The van der Waals surface area contributed by atoms with Crippen LogP contribution in [0, 0.1) is 0 Å². The summed E-state index contributed by atoms with van der Waals surface area (Å²) in [6, 6.07) is 3.39. The quantitative estimate of drug-likeness (QED) is 0.435.